The minimum absolute atomic E-state index is 0.0665. The third-order valence-electron chi connectivity index (χ3n) is 4.31. The van der Waals surface area contributed by atoms with Crippen LogP contribution in [-0.2, 0) is 4.74 Å². The average molecular weight is 318 g/mol. The summed E-state index contributed by atoms with van der Waals surface area (Å²) in [5.41, 5.74) is 0.855. The summed E-state index contributed by atoms with van der Waals surface area (Å²) in [6.45, 7) is 5.40. The number of hydrogen-bond acceptors (Lipinski definition) is 5. The predicted octanol–water partition coefficient (Wildman–Crippen LogP) is -0.0584. The highest BCUT2D eigenvalue weighted by Gasteiger charge is 2.23. The zero-order chi connectivity index (χ0) is 16.2. The molecule has 3 heterocycles. The Hall–Kier alpha value is -1.99. The van der Waals surface area contributed by atoms with E-state index in [9.17, 15) is 9.59 Å². The molecule has 7 heteroatoms. The van der Waals surface area contributed by atoms with Gasteiger partial charge < -0.3 is 19.4 Å². The van der Waals surface area contributed by atoms with Crippen LogP contribution >= 0.6 is 0 Å². The third-order valence-corrected chi connectivity index (χ3v) is 4.31. The van der Waals surface area contributed by atoms with Crippen LogP contribution in [0.1, 0.15) is 20.8 Å². The Balaban J connectivity index is 1.71. The maximum atomic E-state index is 12.6. The van der Waals surface area contributed by atoms with Crippen LogP contribution in [0.25, 0.3) is 0 Å². The fourth-order valence-corrected chi connectivity index (χ4v) is 2.80. The van der Waals surface area contributed by atoms with E-state index in [4.69, 9.17) is 4.74 Å². The van der Waals surface area contributed by atoms with Gasteiger partial charge in [0.2, 0.25) is 0 Å². The third kappa shape index (κ3) is 3.68. The van der Waals surface area contributed by atoms with E-state index >= 15 is 0 Å². The molecule has 0 atom stereocenters. The first-order valence-electron chi connectivity index (χ1n) is 7.96. The Morgan fingerprint density at radius 3 is 2.35 bits per heavy atom. The summed E-state index contributed by atoms with van der Waals surface area (Å²) in [6.07, 6.45) is 1.54. The smallest absolute Gasteiger partial charge is 0.272 e. The molecule has 2 aliphatic heterocycles. The molecule has 2 fully saturated rings. The average Bonchev–Trinajstić information content (AvgIpc) is 2.62. The Morgan fingerprint density at radius 1 is 1.00 bits per heavy atom. The van der Waals surface area contributed by atoms with Gasteiger partial charge in [-0.1, -0.05) is 0 Å². The molecule has 124 valence electrons. The maximum absolute atomic E-state index is 12.6. The second kappa shape index (κ2) is 7.06. The van der Waals surface area contributed by atoms with Crippen molar-refractivity contribution >= 4 is 11.8 Å². The van der Waals surface area contributed by atoms with Crippen molar-refractivity contribution in [3.63, 3.8) is 0 Å². The molecule has 1 aromatic rings. The number of aromatic nitrogens is 1. The van der Waals surface area contributed by atoms with E-state index in [2.05, 4.69) is 9.88 Å². The van der Waals surface area contributed by atoms with Gasteiger partial charge in [0.05, 0.1) is 13.2 Å². The highest BCUT2D eigenvalue weighted by atomic mass is 16.5. The lowest BCUT2D eigenvalue weighted by atomic mass is 10.1. The largest absolute Gasteiger partial charge is 0.378 e. The van der Waals surface area contributed by atoms with E-state index in [1.165, 1.54) is 6.20 Å². The van der Waals surface area contributed by atoms with Crippen LogP contribution in [0.3, 0.4) is 0 Å². The van der Waals surface area contributed by atoms with Crippen molar-refractivity contribution in [3.8, 4) is 0 Å². The summed E-state index contributed by atoms with van der Waals surface area (Å²) < 4.78 is 5.26. The van der Waals surface area contributed by atoms with Crippen LogP contribution in [0.2, 0.25) is 0 Å². The summed E-state index contributed by atoms with van der Waals surface area (Å²) in [7, 11) is 2.04. The van der Waals surface area contributed by atoms with Gasteiger partial charge in [-0.2, -0.15) is 0 Å². The molecule has 2 saturated heterocycles. The van der Waals surface area contributed by atoms with Gasteiger partial charge in [-0.25, -0.2) is 0 Å². The quantitative estimate of drug-likeness (QED) is 0.764. The van der Waals surface area contributed by atoms with Crippen molar-refractivity contribution in [2.45, 2.75) is 0 Å². The normalized spacial score (nSPS) is 19.7. The van der Waals surface area contributed by atoms with Crippen molar-refractivity contribution < 1.29 is 14.3 Å². The number of hydrogen-bond donors (Lipinski definition) is 0. The van der Waals surface area contributed by atoms with Crippen LogP contribution in [0.15, 0.2) is 18.3 Å². The first-order chi connectivity index (χ1) is 11.1. The van der Waals surface area contributed by atoms with Gasteiger partial charge in [0.25, 0.3) is 11.8 Å². The van der Waals surface area contributed by atoms with E-state index in [1.807, 2.05) is 7.05 Å². The van der Waals surface area contributed by atoms with Crippen LogP contribution in [0, 0.1) is 0 Å². The van der Waals surface area contributed by atoms with Gasteiger partial charge in [0.1, 0.15) is 5.69 Å². The Labute approximate surface area is 135 Å². The molecule has 2 aliphatic rings. The minimum Gasteiger partial charge on any atom is -0.378 e. The number of ether oxygens (including phenoxy) is 1. The van der Waals surface area contributed by atoms with Crippen molar-refractivity contribution in [3.05, 3.63) is 29.6 Å². The van der Waals surface area contributed by atoms with E-state index in [0.29, 0.717) is 50.7 Å². The Bertz CT molecular complexity index is 578. The molecule has 0 bridgehead atoms. The molecule has 0 aromatic carbocycles. The second-order valence-corrected chi connectivity index (χ2v) is 5.93. The van der Waals surface area contributed by atoms with Gasteiger partial charge in [-0.3, -0.25) is 14.6 Å². The van der Waals surface area contributed by atoms with Gasteiger partial charge in [0.15, 0.2) is 0 Å². The number of amides is 2. The van der Waals surface area contributed by atoms with Crippen LogP contribution in [0.5, 0.6) is 0 Å². The molecule has 0 saturated carbocycles. The number of nitrogens with zero attached hydrogens (tertiary/aromatic N) is 4. The predicted molar refractivity (Wildman–Crippen MR) is 84.4 cm³/mol. The van der Waals surface area contributed by atoms with Crippen molar-refractivity contribution in [1.82, 2.24) is 19.7 Å². The molecule has 3 rings (SSSR count). The number of morpholine rings is 1. The summed E-state index contributed by atoms with van der Waals surface area (Å²) in [5.74, 6) is -0.169. The number of likely N-dealkylation sites (N-methyl/N-ethyl adjacent to an activating group) is 1. The van der Waals surface area contributed by atoms with E-state index in [-0.39, 0.29) is 11.8 Å². The minimum atomic E-state index is -0.102. The number of pyridine rings is 1. The molecule has 0 unspecified atom stereocenters. The van der Waals surface area contributed by atoms with Gasteiger partial charge in [-0.15, -0.1) is 0 Å². The van der Waals surface area contributed by atoms with E-state index in [0.717, 1.165) is 13.1 Å². The number of carbonyl (C=O) groups is 2. The topological polar surface area (TPSA) is 66.0 Å². The molecule has 0 N–H and O–H groups in total. The molecule has 0 radical (unpaired) electrons. The van der Waals surface area contributed by atoms with Crippen LogP contribution < -0.4 is 0 Å². The molecule has 1 aromatic heterocycles. The summed E-state index contributed by atoms with van der Waals surface area (Å²) in [4.78, 5) is 35.0. The van der Waals surface area contributed by atoms with E-state index < -0.39 is 0 Å². The molecular formula is C16H22N4O3. The van der Waals surface area contributed by atoms with Crippen LogP contribution in [0.4, 0.5) is 0 Å². The highest BCUT2D eigenvalue weighted by Crippen LogP contribution is 2.11. The molecule has 0 spiro atoms. The van der Waals surface area contributed by atoms with Gasteiger partial charge in [-0.05, 0) is 19.2 Å². The number of piperazine rings is 1. The number of carbonyl (C=O) groups excluding carboxylic acids is 2. The van der Waals surface area contributed by atoms with Crippen LogP contribution in [-0.4, -0.2) is 91.0 Å². The summed E-state index contributed by atoms with van der Waals surface area (Å²) in [5, 5.41) is 0. The molecule has 23 heavy (non-hydrogen) atoms. The molecular weight excluding hydrogens is 296 g/mol. The highest BCUT2D eigenvalue weighted by molar-refractivity contribution is 5.98. The Morgan fingerprint density at radius 2 is 1.65 bits per heavy atom. The summed E-state index contributed by atoms with van der Waals surface area (Å²) >= 11 is 0. The fourth-order valence-electron chi connectivity index (χ4n) is 2.80. The zero-order valence-corrected chi connectivity index (χ0v) is 13.4. The Kier molecular flexibility index (Phi) is 4.88. The number of rotatable bonds is 2. The van der Waals surface area contributed by atoms with Gasteiger partial charge in [0, 0.05) is 51.0 Å². The van der Waals surface area contributed by atoms with Crippen molar-refractivity contribution in [1.29, 1.82) is 0 Å². The second-order valence-electron chi connectivity index (χ2n) is 5.93. The monoisotopic (exact) mass is 318 g/mol. The first kappa shape index (κ1) is 15.9. The lowest BCUT2D eigenvalue weighted by molar-refractivity contribution is 0.0302. The first-order valence-corrected chi connectivity index (χ1v) is 7.96. The fraction of sp³-hybridized carbons (Fsp3) is 0.562. The van der Waals surface area contributed by atoms with Crippen molar-refractivity contribution in [2.75, 3.05) is 59.5 Å². The zero-order valence-electron chi connectivity index (χ0n) is 13.4. The lowest BCUT2D eigenvalue weighted by Gasteiger charge is -2.32. The van der Waals surface area contributed by atoms with E-state index in [1.54, 1.807) is 21.9 Å². The van der Waals surface area contributed by atoms with Crippen molar-refractivity contribution in [2.24, 2.45) is 0 Å². The SMILES string of the molecule is CN1CCN(C(=O)c2cc(C(=O)N3CCOCC3)ccn2)CC1. The standard InChI is InChI=1S/C16H22N4O3/c1-18-4-6-19(7-5-18)16(22)14-12-13(2-3-17-14)15(21)20-8-10-23-11-9-20/h2-3,12H,4-11H2,1H3. The maximum Gasteiger partial charge on any atom is 0.272 e. The molecule has 7 nitrogen and oxygen atoms in total. The van der Waals surface area contributed by atoms with Gasteiger partial charge >= 0.3 is 0 Å². The lowest BCUT2D eigenvalue weighted by Crippen LogP contribution is -2.47. The molecule has 0 aliphatic carbocycles. The molecule has 2 amide bonds. The summed E-state index contributed by atoms with van der Waals surface area (Å²) in [6, 6.07) is 3.27.